The molecule has 8 heteroatoms. The van der Waals surface area contributed by atoms with Gasteiger partial charge in [-0.25, -0.2) is 8.78 Å². The Balaban J connectivity index is 1.16. The highest BCUT2D eigenvalue weighted by atomic mass is 19.2. The molecule has 2 atom stereocenters. The summed E-state index contributed by atoms with van der Waals surface area (Å²) in [6, 6.07) is 20.0. The van der Waals surface area contributed by atoms with Crippen LogP contribution >= 0.6 is 0 Å². The molecule has 3 aliphatic heterocycles. The van der Waals surface area contributed by atoms with Crippen molar-refractivity contribution in [3.63, 3.8) is 0 Å². The summed E-state index contributed by atoms with van der Waals surface area (Å²) in [5.41, 5.74) is 7.48. The van der Waals surface area contributed by atoms with Crippen LogP contribution in [-0.2, 0) is 6.54 Å². The van der Waals surface area contributed by atoms with Gasteiger partial charge in [-0.15, -0.1) is 0 Å². The predicted molar refractivity (Wildman–Crippen MR) is 157 cm³/mol. The van der Waals surface area contributed by atoms with Crippen LogP contribution in [0.15, 0.2) is 48.5 Å². The number of piperazine rings is 2. The second-order valence-corrected chi connectivity index (χ2v) is 11.5. The summed E-state index contributed by atoms with van der Waals surface area (Å²) in [5.74, 6) is -1.92. The van der Waals surface area contributed by atoms with E-state index in [9.17, 15) is 19.3 Å². The Bertz CT molecular complexity index is 1530. The predicted octanol–water partition coefficient (Wildman–Crippen LogP) is 5.50. The van der Waals surface area contributed by atoms with Crippen LogP contribution < -0.4 is 14.7 Å². The topological polar surface area (TPSA) is 60.5 Å². The first-order valence-corrected chi connectivity index (χ1v) is 14.3. The monoisotopic (exact) mass is 552 g/mol. The van der Waals surface area contributed by atoms with Crippen molar-refractivity contribution in [1.29, 1.82) is 10.5 Å². The molecular weight excluding hydrogens is 518 g/mol. The molecule has 3 fully saturated rings. The second-order valence-electron chi connectivity index (χ2n) is 11.5. The lowest BCUT2D eigenvalue weighted by Gasteiger charge is -2.43. The Morgan fingerprint density at radius 1 is 0.707 bits per heavy atom. The number of halogens is 2. The fourth-order valence-electron chi connectivity index (χ4n) is 6.96. The molecule has 3 aliphatic rings. The average molecular weight is 553 g/mol. The quantitative estimate of drug-likeness (QED) is 0.416. The minimum absolute atomic E-state index is 0.164. The standard InChI is InChI=1S/C33H34F2N6/c1-22-13-23(2)32(38-9-11-39(12-10-38)33-16-30(35)29(34)14-25(33)18-37)15-26(22)19-41-27-7-8-28(41)21-40(20-27)31-6-4-3-5-24(31)17-36/h3-6,13-16,27-28H,7-12,19-21H2,1-2H3. The third-order valence-electron chi connectivity index (χ3n) is 9.13. The highest BCUT2D eigenvalue weighted by Crippen LogP contribution is 2.36. The van der Waals surface area contributed by atoms with E-state index >= 15 is 0 Å². The third kappa shape index (κ3) is 5.09. The van der Waals surface area contributed by atoms with Gasteiger partial charge in [0.15, 0.2) is 11.6 Å². The van der Waals surface area contributed by atoms with Gasteiger partial charge in [0.25, 0.3) is 0 Å². The fourth-order valence-corrected chi connectivity index (χ4v) is 6.96. The van der Waals surface area contributed by atoms with Crippen molar-refractivity contribution in [1.82, 2.24) is 4.90 Å². The van der Waals surface area contributed by atoms with Gasteiger partial charge >= 0.3 is 0 Å². The van der Waals surface area contributed by atoms with E-state index in [0.29, 0.717) is 30.9 Å². The van der Waals surface area contributed by atoms with Gasteiger partial charge in [0, 0.05) is 69.7 Å². The molecule has 3 heterocycles. The first-order valence-electron chi connectivity index (χ1n) is 14.3. The molecule has 0 amide bonds. The van der Waals surface area contributed by atoms with Crippen molar-refractivity contribution in [2.45, 2.75) is 45.3 Å². The number of rotatable bonds is 5. The van der Waals surface area contributed by atoms with Crippen LogP contribution in [0.2, 0.25) is 0 Å². The van der Waals surface area contributed by atoms with Crippen molar-refractivity contribution < 1.29 is 8.78 Å². The van der Waals surface area contributed by atoms with Crippen LogP contribution in [0.5, 0.6) is 0 Å². The molecule has 6 nitrogen and oxygen atoms in total. The molecule has 3 saturated heterocycles. The minimum Gasteiger partial charge on any atom is -0.368 e. The molecule has 0 aromatic heterocycles. The summed E-state index contributed by atoms with van der Waals surface area (Å²) in [7, 11) is 0. The van der Waals surface area contributed by atoms with E-state index < -0.39 is 11.6 Å². The Morgan fingerprint density at radius 3 is 1.98 bits per heavy atom. The summed E-state index contributed by atoms with van der Waals surface area (Å²) >= 11 is 0. The van der Waals surface area contributed by atoms with Gasteiger partial charge in [0.2, 0.25) is 0 Å². The van der Waals surface area contributed by atoms with E-state index in [1.165, 1.54) is 35.2 Å². The molecule has 2 bridgehead atoms. The highest BCUT2D eigenvalue weighted by Gasteiger charge is 2.40. The van der Waals surface area contributed by atoms with Crippen molar-refractivity contribution in [3.05, 3.63) is 88.0 Å². The maximum absolute atomic E-state index is 14.0. The largest absolute Gasteiger partial charge is 0.368 e. The molecule has 0 saturated carbocycles. The van der Waals surface area contributed by atoms with E-state index in [1.807, 2.05) is 29.2 Å². The van der Waals surface area contributed by atoms with Crippen molar-refractivity contribution in [3.8, 4) is 12.1 Å². The van der Waals surface area contributed by atoms with Crippen molar-refractivity contribution >= 4 is 17.1 Å². The summed E-state index contributed by atoms with van der Waals surface area (Å²) in [5, 5.41) is 19.1. The molecule has 0 N–H and O–H groups in total. The molecule has 3 aromatic carbocycles. The minimum atomic E-state index is -0.992. The lowest BCUT2D eigenvalue weighted by molar-refractivity contribution is 0.160. The van der Waals surface area contributed by atoms with Gasteiger partial charge in [0.05, 0.1) is 22.5 Å². The highest BCUT2D eigenvalue weighted by molar-refractivity contribution is 5.63. The number of nitriles is 2. The maximum atomic E-state index is 14.0. The lowest BCUT2D eigenvalue weighted by Crippen LogP contribution is -2.53. The second kappa shape index (κ2) is 11.0. The van der Waals surface area contributed by atoms with E-state index in [2.05, 4.69) is 52.8 Å². The van der Waals surface area contributed by atoms with E-state index in [0.717, 1.165) is 56.1 Å². The van der Waals surface area contributed by atoms with Gasteiger partial charge < -0.3 is 14.7 Å². The van der Waals surface area contributed by atoms with Crippen molar-refractivity contribution in [2.75, 3.05) is 54.0 Å². The Labute approximate surface area is 240 Å². The smallest absolute Gasteiger partial charge is 0.160 e. The number of benzene rings is 3. The summed E-state index contributed by atoms with van der Waals surface area (Å²) < 4.78 is 27.7. The SMILES string of the molecule is Cc1cc(C)c(N2CCN(c3cc(F)c(F)cc3C#N)CC2)cc1CN1C2CCC1CN(c1ccccc1C#N)C2. The van der Waals surface area contributed by atoms with E-state index in [-0.39, 0.29) is 5.56 Å². The molecular formula is C33H34F2N6. The number of hydrogen-bond acceptors (Lipinski definition) is 6. The molecule has 3 aromatic rings. The van der Waals surface area contributed by atoms with Crippen LogP contribution in [0.1, 0.15) is 40.7 Å². The van der Waals surface area contributed by atoms with Crippen LogP contribution in [0.4, 0.5) is 25.8 Å². The van der Waals surface area contributed by atoms with E-state index in [4.69, 9.17) is 0 Å². The maximum Gasteiger partial charge on any atom is 0.160 e. The molecule has 0 spiro atoms. The molecule has 210 valence electrons. The number of hydrogen-bond donors (Lipinski definition) is 0. The van der Waals surface area contributed by atoms with Gasteiger partial charge in [-0.2, -0.15) is 10.5 Å². The summed E-state index contributed by atoms with van der Waals surface area (Å²) in [4.78, 5) is 9.40. The first-order chi connectivity index (χ1) is 19.9. The Kier molecular flexibility index (Phi) is 7.28. The molecule has 0 radical (unpaired) electrons. The summed E-state index contributed by atoms with van der Waals surface area (Å²) in [6.07, 6.45) is 2.34. The van der Waals surface area contributed by atoms with Crippen LogP contribution in [0.25, 0.3) is 0 Å². The number of para-hydroxylation sites is 1. The normalized spacial score (nSPS) is 20.7. The zero-order valence-electron chi connectivity index (χ0n) is 23.6. The summed E-state index contributed by atoms with van der Waals surface area (Å²) in [6.45, 7) is 9.83. The van der Waals surface area contributed by atoms with Crippen LogP contribution in [-0.4, -0.2) is 56.3 Å². The first kappa shape index (κ1) is 27.1. The Morgan fingerprint density at radius 2 is 1.32 bits per heavy atom. The zero-order chi connectivity index (χ0) is 28.7. The van der Waals surface area contributed by atoms with Gasteiger partial charge in [-0.05, 0) is 67.6 Å². The molecule has 41 heavy (non-hydrogen) atoms. The lowest BCUT2D eigenvalue weighted by atomic mass is 10.0. The molecule has 2 unspecified atom stereocenters. The molecule has 6 rings (SSSR count). The average Bonchev–Trinajstić information content (AvgIpc) is 3.20. The van der Waals surface area contributed by atoms with Crippen molar-refractivity contribution in [2.24, 2.45) is 0 Å². The third-order valence-corrected chi connectivity index (χ3v) is 9.13. The van der Waals surface area contributed by atoms with Gasteiger partial charge in [-0.3, -0.25) is 4.90 Å². The van der Waals surface area contributed by atoms with E-state index in [1.54, 1.807) is 0 Å². The number of nitrogens with zero attached hydrogens (tertiary/aromatic N) is 6. The van der Waals surface area contributed by atoms with Gasteiger partial charge in [-0.1, -0.05) is 18.2 Å². The molecule has 0 aliphatic carbocycles. The number of anilines is 3. The Hall–Kier alpha value is -4.14. The number of aryl methyl sites for hydroxylation is 2. The fraction of sp³-hybridized carbons (Fsp3) is 0.394. The van der Waals surface area contributed by atoms with Gasteiger partial charge in [0.1, 0.15) is 12.1 Å². The van der Waals surface area contributed by atoms with Crippen LogP contribution in [0.3, 0.4) is 0 Å². The number of fused-ring (bicyclic) bond motifs is 2. The van der Waals surface area contributed by atoms with Crippen LogP contribution in [0, 0.1) is 48.1 Å². The zero-order valence-corrected chi connectivity index (χ0v) is 23.6.